The molecule has 1 amide bonds. The van der Waals surface area contributed by atoms with Crippen LogP contribution in [0.3, 0.4) is 0 Å². The van der Waals surface area contributed by atoms with E-state index in [1.54, 1.807) is 18.3 Å². The fourth-order valence-electron chi connectivity index (χ4n) is 5.78. The maximum atomic E-state index is 14.1. The van der Waals surface area contributed by atoms with Crippen molar-refractivity contribution in [3.05, 3.63) is 58.3 Å². The summed E-state index contributed by atoms with van der Waals surface area (Å²) >= 11 is 0. The summed E-state index contributed by atoms with van der Waals surface area (Å²) in [6.45, 7) is 1.91. The highest BCUT2D eigenvalue weighted by Crippen LogP contribution is 2.48. The van der Waals surface area contributed by atoms with Gasteiger partial charge < -0.3 is 4.90 Å². The third kappa shape index (κ3) is 2.78. The summed E-state index contributed by atoms with van der Waals surface area (Å²) in [7, 11) is 3.85. The van der Waals surface area contributed by atoms with Crippen molar-refractivity contribution in [2.24, 2.45) is 14.1 Å². The normalized spacial score (nSPS) is 22.1. The Balaban J connectivity index is 1.41. The molecule has 7 heteroatoms. The average molecular weight is 420 g/mol. The highest BCUT2D eigenvalue weighted by molar-refractivity contribution is 5.96. The smallest absolute Gasteiger partial charge is 0.258 e. The predicted octanol–water partition coefficient (Wildman–Crippen LogP) is 4.05. The van der Waals surface area contributed by atoms with Crippen molar-refractivity contribution in [2.75, 3.05) is 0 Å². The Hall–Kier alpha value is -2.96. The summed E-state index contributed by atoms with van der Waals surface area (Å²) in [5.74, 6) is 0.314. The molecule has 2 aromatic heterocycles. The zero-order valence-corrected chi connectivity index (χ0v) is 18.1. The molecule has 4 heterocycles. The molecular weight excluding hydrogens is 393 g/mol. The molecule has 2 fully saturated rings. The molecule has 6 nitrogen and oxygen atoms in total. The van der Waals surface area contributed by atoms with Gasteiger partial charge in [-0.3, -0.25) is 14.2 Å². The molecule has 3 aromatic rings. The SMILES string of the molecule is Cc1cc(F)cc(-c2c3c(nn2C)C2CCC(C3)N2C(=O)c2cnn(C)c2C2CC2)c1. The van der Waals surface area contributed by atoms with Crippen LogP contribution in [0.2, 0.25) is 0 Å². The third-order valence-corrected chi connectivity index (χ3v) is 7.16. The van der Waals surface area contributed by atoms with Crippen LogP contribution in [0, 0.1) is 12.7 Å². The van der Waals surface area contributed by atoms with Gasteiger partial charge in [0.05, 0.1) is 34.9 Å². The molecular formula is C24H26FN5O. The van der Waals surface area contributed by atoms with E-state index in [9.17, 15) is 9.18 Å². The molecule has 160 valence electrons. The first-order valence-electron chi connectivity index (χ1n) is 11.1. The van der Waals surface area contributed by atoms with E-state index >= 15 is 0 Å². The number of hydrogen-bond donors (Lipinski definition) is 0. The summed E-state index contributed by atoms with van der Waals surface area (Å²) in [5.41, 5.74) is 6.69. The van der Waals surface area contributed by atoms with Crippen molar-refractivity contribution in [1.29, 1.82) is 0 Å². The van der Waals surface area contributed by atoms with Crippen LogP contribution in [-0.4, -0.2) is 36.4 Å². The van der Waals surface area contributed by atoms with Gasteiger partial charge in [0.2, 0.25) is 0 Å². The molecule has 2 unspecified atom stereocenters. The number of rotatable bonds is 3. The molecule has 2 aliphatic heterocycles. The number of nitrogens with zero attached hydrogens (tertiary/aromatic N) is 5. The van der Waals surface area contributed by atoms with Gasteiger partial charge in [0.25, 0.3) is 5.91 Å². The van der Waals surface area contributed by atoms with E-state index < -0.39 is 0 Å². The average Bonchev–Trinajstić information content (AvgIpc) is 3.27. The van der Waals surface area contributed by atoms with Gasteiger partial charge in [0.15, 0.2) is 0 Å². The summed E-state index contributed by atoms with van der Waals surface area (Å²) in [4.78, 5) is 15.7. The molecule has 0 N–H and O–H groups in total. The number of amides is 1. The van der Waals surface area contributed by atoms with Crippen LogP contribution >= 0.6 is 0 Å². The standard InChI is InChI=1S/C24H26FN5O/c1-13-8-15(10-16(25)9-13)23-18-11-17-6-7-20(21(18)27-29(23)3)30(17)24(31)19-12-26-28(2)22(19)14-4-5-14/h8-10,12,14,17,20H,4-7,11H2,1-3H3. The van der Waals surface area contributed by atoms with Crippen LogP contribution in [0.1, 0.15) is 70.5 Å². The van der Waals surface area contributed by atoms with Gasteiger partial charge in [-0.25, -0.2) is 4.39 Å². The molecule has 2 bridgehead atoms. The largest absolute Gasteiger partial charge is 0.327 e. The second kappa shape index (κ2) is 6.52. The lowest BCUT2D eigenvalue weighted by Gasteiger charge is -2.34. The van der Waals surface area contributed by atoms with E-state index in [1.807, 2.05) is 36.4 Å². The Morgan fingerprint density at radius 1 is 1.10 bits per heavy atom. The minimum absolute atomic E-state index is 0.0249. The zero-order valence-electron chi connectivity index (χ0n) is 18.1. The van der Waals surface area contributed by atoms with Gasteiger partial charge in [-0.1, -0.05) is 0 Å². The Bertz CT molecular complexity index is 1200. The number of fused-ring (bicyclic) bond motifs is 4. The van der Waals surface area contributed by atoms with E-state index in [4.69, 9.17) is 5.10 Å². The number of halogens is 1. The molecule has 3 aliphatic rings. The molecule has 0 spiro atoms. The number of aromatic nitrogens is 4. The van der Waals surface area contributed by atoms with E-state index in [0.29, 0.717) is 5.92 Å². The van der Waals surface area contributed by atoms with Gasteiger partial charge in [-0.2, -0.15) is 10.2 Å². The quantitative estimate of drug-likeness (QED) is 0.644. The van der Waals surface area contributed by atoms with E-state index in [1.165, 1.54) is 0 Å². The first-order valence-corrected chi connectivity index (χ1v) is 11.1. The zero-order chi connectivity index (χ0) is 21.4. The lowest BCUT2D eigenvalue weighted by molar-refractivity contribution is 0.0641. The molecule has 0 radical (unpaired) electrons. The van der Waals surface area contributed by atoms with Crippen LogP contribution in [0.25, 0.3) is 11.3 Å². The number of hydrogen-bond acceptors (Lipinski definition) is 3. The molecule has 1 aromatic carbocycles. The third-order valence-electron chi connectivity index (χ3n) is 7.16. The Labute approximate surface area is 180 Å². The van der Waals surface area contributed by atoms with Crippen LogP contribution in [-0.2, 0) is 20.5 Å². The molecule has 1 aliphatic carbocycles. The van der Waals surface area contributed by atoms with Crippen LogP contribution in [0.5, 0.6) is 0 Å². The van der Waals surface area contributed by atoms with Crippen molar-refractivity contribution in [1.82, 2.24) is 24.5 Å². The van der Waals surface area contributed by atoms with Crippen molar-refractivity contribution in [3.8, 4) is 11.3 Å². The van der Waals surface area contributed by atoms with Crippen LogP contribution in [0.15, 0.2) is 24.4 Å². The maximum Gasteiger partial charge on any atom is 0.258 e. The van der Waals surface area contributed by atoms with Crippen molar-refractivity contribution >= 4 is 5.91 Å². The summed E-state index contributed by atoms with van der Waals surface area (Å²) in [6, 6.07) is 5.26. The minimum atomic E-state index is -0.232. The summed E-state index contributed by atoms with van der Waals surface area (Å²) < 4.78 is 17.9. The van der Waals surface area contributed by atoms with Gasteiger partial charge in [0, 0.05) is 37.2 Å². The monoisotopic (exact) mass is 419 g/mol. The Morgan fingerprint density at radius 3 is 2.65 bits per heavy atom. The second-order valence-corrected chi connectivity index (χ2v) is 9.36. The van der Waals surface area contributed by atoms with Gasteiger partial charge in [-0.05, 0) is 62.8 Å². The van der Waals surface area contributed by atoms with E-state index in [0.717, 1.165) is 71.4 Å². The van der Waals surface area contributed by atoms with Gasteiger partial charge in [0.1, 0.15) is 5.82 Å². The lowest BCUT2D eigenvalue weighted by Crippen LogP contribution is -2.42. The van der Waals surface area contributed by atoms with E-state index in [2.05, 4.69) is 10.00 Å². The predicted molar refractivity (Wildman–Crippen MR) is 114 cm³/mol. The Kier molecular flexibility index (Phi) is 3.95. The summed E-state index contributed by atoms with van der Waals surface area (Å²) in [6.07, 6.45) is 6.65. The molecule has 6 rings (SSSR count). The number of carbonyl (C=O) groups is 1. The van der Waals surface area contributed by atoms with Crippen molar-refractivity contribution in [3.63, 3.8) is 0 Å². The molecule has 2 atom stereocenters. The topological polar surface area (TPSA) is 56.0 Å². The minimum Gasteiger partial charge on any atom is -0.327 e. The second-order valence-electron chi connectivity index (χ2n) is 9.36. The highest BCUT2D eigenvalue weighted by Gasteiger charge is 2.47. The molecule has 1 saturated carbocycles. The lowest BCUT2D eigenvalue weighted by atomic mass is 9.93. The van der Waals surface area contributed by atoms with Gasteiger partial charge >= 0.3 is 0 Å². The Morgan fingerprint density at radius 2 is 1.90 bits per heavy atom. The first kappa shape index (κ1) is 18.8. The molecule has 31 heavy (non-hydrogen) atoms. The van der Waals surface area contributed by atoms with Crippen molar-refractivity contribution in [2.45, 2.75) is 57.0 Å². The van der Waals surface area contributed by atoms with Crippen LogP contribution < -0.4 is 0 Å². The number of carbonyl (C=O) groups excluding carboxylic acids is 1. The number of aryl methyl sites for hydroxylation is 3. The fourth-order valence-corrected chi connectivity index (χ4v) is 5.78. The first-order chi connectivity index (χ1) is 14.9. The number of benzene rings is 1. The highest BCUT2D eigenvalue weighted by atomic mass is 19.1. The summed E-state index contributed by atoms with van der Waals surface area (Å²) in [5, 5.41) is 9.24. The fraction of sp³-hybridized carbons (Fsp3) is 0.458. The van der Waals surface area contributed by atoms with Crippen LogP contribution in [0.4, 0.5) is 4.39 Å². The van der Waals surface area contributed by atoms with E-state index in [-0.39, 0.29) is 23.8 Å². The maximum absolute atomic E-state index is 14.1. The van der Waals surface area contributed by atoms with Crippen molar-refractivity contribution < 1.29 is 9.18 Å². The van der Waals surface area contributed by atoms with Gasteiger partial charge in [-0.15, -0.1) is 0 Å². The molecule has 1 saturated heterocycles.